The molecule has 1 fully saturated rings. The second kappa shape index (κ2) is 8.68. The molecule has 0 bridgehead atoms. The lowest BCUT2D eigenvalue weighted by atomic mass is 9.97. The summed E-state index contributed by atoms with van der Waals surface area (Å²) in [5.74, 6) is -0.960. The Hall–Kier alpha value is -2.08. The van der Waals surface area contributed by atoms with Crippen molar-refractivity contribution in [2.75, 3.05) is 12.4 Å². The molecule has 1 aromatic carbocycles. The Bertz CT molecular complexity index is 581. The van der Waals surface area contributed by atoms with Gasteiger partial charge < -0.3 is 19.9 Å². The van der Waals surface area contributed by atoms with E-state index in [0.717, 1.165) is 25.7 Å². The Kier molecular flexibility index (Phi) is 6.61. The summed E-state index contributed by atoms with van der Waals surface area (Å²) in [6, 6.07) is 4.36. The van der Waals surface area contributed by atoms with Crippen LogP contribution in [0.3, 0.4) is 0 Å². The molecule has 0 heterocycles. The van der Waals surface area contributed by atoms with E-state index in [9.17, 15) is 9.59 Å². The lowest BCUT2D eigenvalue weighted by molar-refractivity contribution is -0.132. The zero-order valence-electron chi connectivity index (χ0n) is 14.2. The molecular weight excluding hydrogens is 310 g/mol. The van der Waals surface area contributed by atoms with E-state index in [-0.39, 0.29) is 17.6 Å². The first kappa shape index (κ1) is 18.3. The molecule has 6 heteroatoms. The highest BCUT2D eigenvalue weighted by molar-refractivity contribution is 5.96. The largest absolute Gasteiger partial charge is 0.495 e. The van der Waals surface area contributed by atoms with Crippen molar-refractivity contribution in [3.05, 3.63) is 23.8 Å². The van der Waals surface area contributed by atoms with Gasteiger partial charge in [0.1, 0.15) is 11.9 Å². The van der Waals surface area contributed by atoms with Crippen LogP contribution in [0.25, 0.3) is 0 Å². The molecule has 1 aliphatic carbocycles. The number of carbonyl (C=O) groups is 2. The first-order valence-corrected chi connectivity index (χ1v) is 8.42. The maximum atomic E-state index is 12.5. The molecule has 1 aromatic rings. The van der Waals surface area contributed by atoms with Crippen molar-refractivity contribution in [3.8, 4) is 5.75 Å². The maximum absolute atomic E-state index is 12.5. The van der Waals surface area contributed by atoms with Crippen molar-refractivity contribution in [1.82, 2.24) is 0 Å². The van der Waals surface area contributed by atoms with Gasteiger partial charge >= 0.3 is 5.97 Å². The molecule has 1 amide bonds. The van der Waals surface area contributed by atoms with Gasteiger partial charge in [-0.2, -0.15) is 0 Å². The monoisotopic (exact) mass is 335 g/mol. The van der Waals surface area contributed by atoms with E-state index in [1.807, 2.05) is 6.92 Å². The van der Waals surface area contributed by atoms with E-state index in [1.165, 1.54) is 31.7 Å². The molecule has 2 N–H and O–H groups in total. The minimum atomic E-state index is -1.04. The third-order valence-electron chi connectivity index (χ3n) is 4.28. The summed E-state index contributed by atoms with van der Waals surface area (Å²) in [6.07, 6.45) is 5.73. The number of methoxy groups -OCH3 is 1. The molecule has 0 aliphatic heterocycles. The van der Waals surface area contributed by atoms with Gasteiger partial charge in [-0.05, 0) is 37.5 Å². The molecule has 1 saturated carbocycles. The lowest BCUT2D eigenvalue weighted by Gasteiger charge is -2.26. The third kappa shape index (κ3) is 4.71. The van der Waals surface area contributed by atoms with Crippen LogP contribution in [0.5, 0.6) is 5.75 Å². The predicted octanol–water partition coefficient (Wildman–Crippen LogP) is 3.46. The number of ether oxygens (including phenoxy) is 2. The molecule has 2 rings (SSSR count). The van der Waals surface area contributed by atoms with Crippen molar-refractivity contribution < 1.29 is 24.2 Å². The molecule has 6 nitrogen and oxygen atoms in total. The number of amides is 1. The number of benzene rings is 1. The summed E-state index contributed by atoms with van der Waals surface area (Å²) in [6.45, 7) is 1.91. The Morgan fingerprint density at radius 1 is 1.29 bits per heavy atom. The first-order chi connectivity index (χ1) is 11.5. The Morgan fingerprint density at radius 3 is 2.58 bits per heavy atom. The SMILES string of the molecule is CCC(OC1CCCCC1)C(=O)Nc1ccc(C(=O)O)cc1OC. The highest BCUT2D eigenvalue weighted by Crippen LogP contribution is 2.27. The van der Waals surface area contributed by atoms with Crippen LogP contribution in [0.4, 0.5) is 5.69 Å². The molecule has 24 heavy (non-hydrogen) atoms. The highest BCUT2D eigenvalue weighted by atomic mass is 16.5. The lowest BCUT2D eigenvalue weighted by Crippen LogP contribution is -2.34. The molecule has 0 aromatic heterocycles. The number of nitrogens with one attached hydrogen (secondary N) is 1. The van der Waals surface area contributed by atoms with Crippen molar-refractivity contribution in [3.63, 3.8) is 0 Å². The normalized spacial score (nSPS) is 16.4. The van der Waals surface area contributed by atoms with Crippen LogP contribution in [0.15, 0.2) is 18.2 Å². The van der Waals surface area contributed by atoms with E-state index in [1.54, 1.807) is 0 Å². The van der Waals surface area contributed by atoms with E-state index in [4.69, 9.17) is 14.6 Å². The van der Waals surface area contributed by atoms with Crippen molar-refractivity contribution in [1.29, 1.82) is 0 Å². The van der Waals surface area contributed by atoms with Gasteiger partial charge in [0.25, 0.3) is 5.91 Å². The van der Waals surface area contributed by atoms with E-state index >= 15 is 0 Å². The highest BCUT2D eigenvalue weighted by Gasteiger charge is 2.24. The quantitative estimate of drug-likeness (QED) is 0.797. The number of anilines is 1. The molecule has 0 radical (unpaired) electrons. The van der Waals surface area contributed by atoms with Crippen LogP contribution < -0.4 is 10.1 Å². The molecule has 0 saturated heterocycles. The van der Waals surface area contributed by atoms with Crippen molar-refractivity contribution in [2.45, 2.75) is 57.7 Å². The molecule has 1 aliphatic rings. The van der Waals surface area contributed by atoms with Crippen molar-refractivity contribution >= 4 is 17.6 Å². The third-order valence-corrected chi connectivity index (χ3v) is 4.28. The number of rotatable bonds is 7. The molecule has 1 atom stereocenters. The summed E-state index contributed by atoms with van der Waals surface area (Å²) in [5, 5.41) is 11.8. The topological polar surface area (TPSA) is 84.9 Å². The fourth-order valence-electron chi connectivity index (χ4n) is 2.92. The van der Waals surface area contributed by atoms with E-state index < -0.39 is 12.1 Å². The van der Waals surface area contributed by atoms with Crippen molar-refractivity contribution in [2.24, 2.45) is 0 Å². The van der Waals surface area contributed by atoms with Gasteiger partial charge in [-0.25, -0.2) is 4.79 Å². The summed E-state index contributed by atoms with van der Waals surface area (Å²) >= 11 is 0. The second-order valence-corrected chi connectivity index (χ2v) is 6.00. The van der Waals surface area contributed by atoms with Gasteiger partial charge in [-0.3, -0.25) is 4.79 Å². The number of aromatic carboxylic acids is 1. The fraction of sp³-hybridized carbons (Fsp3) is 0.556. The Morgan fingerprint density at radius 2 is 2.00 bits per heavy atom. The molecular formula is C18H25NO5. The van der Waals surface area contributed by atoms with Crippen LogP contribution in [0, 0.1) is 0 Å². The van der Waals surface area contributed by atoms with Gasteiger partial charge in [0.05, 0.1) is 24.5 Å². The minimum absolute atomic E-state index is 0.107. The standard InChI is InChI=1S/C18H25NO5/c1-3-15(24-13-7-5-4-6-8-13)17(20)19-14-10-9-12(18(21)22)11-16(14)23-2/h9-11,13,15H,3-8H2,1-2H3,(H,19,20)(H,21,22). The van der Waals surface area contributed by atoms with E-state index in [0.29, 0.717) is 17.9 Å². The zero-order chi connectivity index (χ0) is 17.5. The molecule has 1 unspecified atom stereocenters. The Labute approximate surface area is 142 Å². The zero-order valence-corrected chi connectivity index (χ0v) is 14.2. The number of carbonyl (C=O) groups excluding carboxylic acids is 1. The summed E-state index contributed by atoms with van der Waals surface area (Å²) in [4.78, 5) is 23.5. The summed E-state index contributed by atoms with van der Waals surface area (Å²) < 4.78 is 11.1. The average molecular weight is 335 g/mol. The summed E-state index contributed by atoms with van der Waals surface area (Å²) in [5.41, 5.74) is 0.550. The fourth-order valence-corrected chi connectivity index (χ4v) is 2.92. The van der Waals surface area contributed by atoms with E-state index in [2.05, 4.69) is 5.32 Å². The number of hydrogen-bond acceptors (Lipinski definition) is 4. The number of hydrogen-bond donors (Lipinski definition) is 2. The van der Waals surface area contributed by atoms with Gasteiger partial charge in [0.2, 0.25) is 0 Å². The predicted molar refractivity (Wildman–Crippen MR) is 90.6 cm³/mol. The van der Waals surface area contributed by atoms with Gasteiger partial charge in [0.15, 0.2) is 0 Å². The van der Waals surface area contributed by atoms with Crippen LogP contribution in [0.2, 0.25) is 0 Å². The number of carboxylic acids is 1. The average Bonchev–Trinajstić information content (AvgIpc) is 2.60. The second-order valence-electron chi connectivity index (χ2n) is 6.00. The maximum Gasteiger partial charge on any atom is 0.335 e. The van der Waals surface area contributed by atoms with Crippen LogP contribution in [-0.4, -0.2) is 36.3 Å². The molecule has 132 valence electrons. The van der Waals surface area contributed by atoms with Crippen LogP contribution in [-0.2, 0) is 9.53 Å². The van der Waals surface area contributed by atoms with Gasteiger partial charge in [-0.15, -0.1) is 0 Å². The summed E-state index contributed by atoms with van der Waals surface area (Å²) in [7, 11) is 1.44. The van der Waals surface area contributed by atoms with Gasteiger partial charge in [0, 0.05) is 0 Å². The molecule has 0 spiro atoms. The van der Waals surface area contributed by atoms with Gasteiger partial charge in [-0.1, -0.05) is 26.2 Å². The van der Waals surface area contributed by atoms with Crippen LogP contribution >= 0.6 is 0 Å². The Balaban J connectivity index is 2.04. The van der Waals surface area contributed by atoms with Crippen LogP contribution in [0.1, 0.15) is 55.8 Å². The number of carboxylic acid groups (broad SMARTS) is 1. The first-order valence-electron chi connectivity index (χ1n) is 8.42. The minimum Gasteiger partial charge on any atom is -0.495 e. The smallest absolute Gasteiger partial charge is 0.335 e.